The fourth-order valence-corrected chi connectivity index (χ4v) is 3.03. The number of methoxy groups -OCH3 is 2. The molecule has 126 valence electrons. The summed E-state index contributed by atoms with van der Waals surface area (Å²) in [6.07, 6.45) is 2.44. The topological polar surface area (TPSA) is 81.9 Å². The second-order valence-electron chi connectivity index (χ2n) is 5.92. The molecule has 1 aliphatic rings. The molecule has 1 aromatic rings. The van der Waals surface area contributed by atoms with E-state index in [1.54, 1.807) is 43.4 Å². The number of rotatable bonds is 6. The first kappa shape index (κ1) is 17.3. The van der Waals surface area contributed by atoms with Crippen LogP contribution >= 0.6 is 0 Å². The Bertz CT molecular complexity index is 575. The van der Waals surface area contributed by atoms with Crippen molar-refractivity contribution in [3.05, 3.63) is 29.8 Å². The minimum atomic E-state index is -0.498. The Labute approximate surface area is 136 Å². The number of carbonyl (C=O) groups excluding carboxylic acids is 2. The van der Waals surface area contributed by atoms with Gasteiger partial charge in [-0.15, -0.1) is 0 Å². The average Bonchev–Trinajstić information content (AvgIpc) is 2.59. The molecule has 0 aliphatic carbocycles. The van der Waals surface area contributed by atoms with Crippen molar-refractivity contribution in [2.24, 2.45) is 5.73 Å². The Hall–Kier alpha value is -2.08. The lowest BCUT2D eigenvalue weighted by Gasteiger charge is -2.42. The predicted octanol–water partition coefficient (Wildman–Crippen LogP) is 1.58. The lowest BCUT2D eigenvalue weighted by atomic mass is 9.87. The molecular formula is C17H24N2O4. The van der Waals surface area contributed by atoms with Crippen molar-refractivity contribution < 1.29 is 19.1 Å². The van der Waals surface area contributed by atoms with Crippen molar-refractivity contribution in [3.63, 3.8) is 0 Å². The lowest BCUT2D eigenvalue weighted by Crippen LogP contribution is -2.51. The summed E-state index contributed by atoms with van der Waals surface area (Å²) in [4.78, 5) is 25.6. The highest BCUT2D eigenvalue weighted by molar-refractivity contribution is 5.94. The van der Waals surface area contributed by atoms with Crippen LogP contribution in [-0.2, 0) is 9.53 Å². The molecule has 1 saturated heterocycles. The van der Waals surface area contributed by atoms with Crippen LogP contribution in [0.1, 0.15) is 36.0 Å². The number of amides is 2. The molecule has 2 N–H and O–H groups in total. The van der Waals surface area contributed by atoms with Gasteiger partial charge in [0.2, 0.25) is 5.91 Å². The van der Waals surface area contributed by atoms with Gasteiger partial charge in [0, 0.05) is 32.2 Å². The fraction of sp³-hybridized carbons (Fsp3) is 0.529. The van der Waals surface area contributed by atoms with Crippen LogP contribution in [0.4, 0.5) is 0 Å². The number of hydrogen-bond donors (Lipinski definition) is 1. The zero-order chi connectivity index (χ0) is 16.9. The Morgan fingerprint density at radius 2 is 2.13 bits per heavy atom. The van der Waals surface area contributed by atoms with E-state index in [2.05, 4.69) is 0 Å². The Kier molecular flexibility index (Phi) is 5.60. The van der Waals surface area contributed by atoms with Crippen molar-refractivity contribution in [2.75, 3.05) is 27.3 Å². The fourth-order valence-electron chi connectivity index (χ4n) is 3.03. The minimum Gasteiger partial charge on any atom is -0.497 e. The van der Waals surface area contributed by atoms with Crippen molar-refractivity contribution in [2.45, 2.75) is 31.3 Å². The minimum absolute atomic E-state index is 0.0518. The number of carbonyl (C=O) groups is 2. The quantitative estimate of drug-likeness (QED) is 0.863. The van der Waals surface area contributed by atoms with E-state index in [0.717, 1.165) is 12.8 Å². The van der Waals surface area contributed by atoms with E-state index in [-0.39, 0.29) is 18.2 Å². The van der Waals surface area contributed by atoms with Crippen LogP contribution in [0.3, 0.4) is 0 Å². The maximum absolute atomic E-state index is 12.7. The van der Waals surface area contributed by atoms with Gasteiger partial charge in [-0.3, -0.25) is 9.59 Å². The van der Waals surface area contributed by atoms with Crippen LogP contribution in [0.15, 0.2) is 24.3 Å². The number of benzene rings is 1. The third kappa shape index (κ3) is 4.22. The van der Waals surface area contributed by atoms with Gasteiger partial charge in [0.05, 0.1) is 12.7 Å². The van der Waals surface area contributed by atoms with E-state index >= 15 is 0 Å². The number of nitrogens with two attached hydrogens (primary N) is 1. The summed E-state index contributed by atoms with van der Waals surface area (Å²) in [7, 11) is 3.20. The second kappa shape index (κ2) is 7.46. The summed E-state index contributed by atoms with van der Waals surface area (Å²) in [5.74, 6) is 0.251. The molecule has 0 bridgehead atoms. The zero-order valence-electron chi connectivity index (χ0n) is 13.7. The van der Waals surface area contributed by atoms with Crippen LogP contribution in [0, 0.1) is 0 Å². The molecule has 1 heterocycles. The smallest absolute Gasteiger partial charge is 0.254 e. The van der Waals surface area contributed by atoms with E-state index < -0.39 is 5.60 Å². The highest BCUT2D eigenvalue weighted by Gasteiger charge is 2.37. The van der Waals surface area contributed by atoms with Gasteiger partial charge in [-0.25, -0.2) is 0 Å². The van der Waals surface area contributed by atoms with E-state index in [9.17, 15) is 9.59 Å². The SMILES string of the molecule is COc1cccc(C(=O)N2CCC[C@@](CCC(N)=O)(OC)C2)c1. The molecule has 1 aliphatic heterocycles. The molecule has 1 aromatic carbocycles. The maximum Gasteiger partial charge on any atom is 0.254 e. The lowest BCUT2D eigenvalue weighted by molar-refractivity contribution is -0.120. The van der Waals surface area contributed by atoms with Crippen LogP contribution in [0.25, 0.3) is 0 Å². The third-order valence-corrected chi connectivity index (χ3v) is 4.40. The van der Waals surface area contributed by atoms with Crippen LogP contribution in [0.5, 0.6) is 5.75 Å². The monoisotopic (exact) mass is 320 g/mol. The standard InChI is InChI=1S/C17H24N2O4/c1-22-14-6-3-5-13(11-14)16(21)19-10-4-8-17(12-19,23-2)9-7-15(18)20/h3,5-6,11H,4,7-10,12H2,1-2H3,(H2,18,20)/t17-/m0/s1. The van der Waals surface area contributed by atoms with Crippen molar-refractivity contribution >= 4 is 11.8 Å². The van der Waals surface area contributed by atoms with E-state index in [1.165, 1.54) is 0 Å². The van der Waals surface area contributed by atoms with Gasteiger partial charge in [0.15, 0.2) is 0 Å². The van der Waals surface area contributed by atoms with Gasteiger partial charge >= 0.3 is 0 Å². The first-order valence-electron chi connectivity index (χ1n) is 7.76. The van der Waals surface area contributed by atoms with E-state index in [0.29, 0.717) is 30.8 Å². The molecule has 1 fully saturated rings. The normalized spacial score (nSPS) is 21.0. The van der Waals surface area contributed by atoms with Gasteiger partial charge in [-0.2, -0.15) is 0 Å². The van der Waals surface area contributed by atoms with Crippen molar-refractivity contribution in [1.82, 2.24) is 4.90 Å². The largest absolute Gasteiger partial charge is 0.497 e. The highest BCUT2D eigenvalue weighted by atomic mass is 16.5. The number of nitrogens with zero attached hydrogens (tertiary/aromatic N) is 1. The second-order valence-corrected chi connectivity index (χ2v) is 5.92. The molecular weight excluding hydrogens is 296 g/mol. The van der Waals surface area contributed by atoms with Crippen LogP contribution < -0.4 is 10.5 Å². The Balaban J connectivity index is 2.12. The molecule has 1 atom stereocenters. The summed E-state index contributed by atoms with van der Waals surface area (Å²) >= 11 is 0. The number of likely N-dealkylation sites (tertiary alicyclic amines) is 1. The van der Waals surface area contributed by atoms with Gasteiger partial charge in [0.25, 0.3) is 5.91 Å². The molecule has 0 unspecified atom stereocenters. The molecule has 6 nitrogen and oxygen atoms in total. The van der Waals surface area contributed by atoms with Gasteiger partial charge in [0.1, 0.15) is 5.75 Å². The maximum atomic E-state index is 12.7. The molecule has 23 heavy (non-hydrogen) atoms. The molecule has 0 aromatic heterocycles. The average molecular weight is 320 g/mol. The van der Waals surface area contributed by atoms with Gasteiger partial charge in [-0.1, -0.05) is 6.07 Å². The zero-order valence-corrected chi connectivity index (χ0v) is 13.7. The number of hydrogen-bond acceptors (Lipinski definition) is 4. The Morgan fingerprint density at radius 1 is 1.35 bits per heavy atom. The highest BCUT2D eigenvalue weighted by Crippen LogP contribution is 2.30. The molecule has 0 saturated carbocycles. The predicted molar refractivity (Wildman–Crippen MR) is 86.3 cm³/mol. The number of ether oxygens (including phenoxy) is 2. The molecule has 2 rings (SSSR count). The van der Waals surface area contributed by atoms with Crippen LogP contribution in [-0.4, -0.2) is 49.6 Å². The van der Waals surface area contributed by atoms with E-state index in [1.807, 2.05) is 0 Å². The summed E-state index contributed by atoms with van der Waals surface area (Å²) < 4.78 is 10.8. The molecule has 6 heteroatoms. The molecule has 0 spiro atoms. The van der Waals surface area contributed by atoms with E-state index in [4.69, 9.17) is 15.2 Å². The Morgan fingerprint density at radius 3 is 2.78 bits per heavy atom. The molecule has 2 amide bonds. The van der Waals surface area contributed by atoms with Crippen LogP contribution in [0.2, 0.25) is 0 Å². The van der Waals surface area contributed by atoms with Crippen molar-refractivity contribution in [3.8, 4) is 5.75 Å². The summed E-state index contributed by atoms with van der Waals surface area (Å²) in [5.41, 5.74) is 5.34. The first-order valence-corrected chi connectivity index (χ1v) is 7.76. The summed E-state index contributed by atoms with van der Waals surface area (Å²) in [5, 5.41) is 0. The number of piperidine rings is 1. The van der Waals surface area contributed by atoms with Gasteiger partial charge in [-0.05, 0) is 37.5 Å². The molecule has 0 radical (unpaired) electrons. The third-order valence-electron chi connectivity index (χ3n) is 4.40. The number of primary amides is 1. The summed E-state index contributed by atoms with van der Waals surface area (Å²) in [6.45, 7) is 1.14. The van der Waals surface area contributed by atoms with Gasteiger partial charge < -0.3 is 20.1 Å². The first-order chi connectivity index (χ1) is 11.0. The van der Waals surface area contributed by atoms with Crippen molar-refractivity contribution in [1.29, 1.82) is 0 Å². The summed E-state index contributed by atoms with van der Waals surface area (Å²) in [6, 6.07) is 7.11.